The second kappa shape index (κ2) is 6.46. The Balaban J connectivity index is 1.55. The van der Waals surface area contributed by atoms with E-state index in [1.54, 1.807) is 27.2 Å². The Morgan fingerprint density at radius 2 is 2.00 bits per heavy atom. The fourth-order valence-electron chi connectivity index (χ4n) is 4.14. The molecule has 144 valence electrons. The maximum absolute atomic E-state index is 13.4. The summed E-state index contributed by atoms with van der Waals surface area (Å²) in [4.78, 5) is 0.334. The molecule has 5 rings (SSSR count). The molecule has 0 amide bonds. The van der Waals surface area contributed by atoms with Crippen molar-refractivity contribution in [2.75, 3.05) is 13.2 Å². The summed E-state index contributed by atoms with van der Waals surface area (Å²) in [5.74, 6) is 0.752. The number of hydrogen-bond donors (Lipinski definition) is 0. The van der Waals surface area contributed by atoms with Crippen molar-refractivity contribution in [2.45, 2.75) is 23.8 Å². The first-order valence-electron chi connectivity index (χ1n) is 9.34. The van der Waals surface area contributed by atoms with Gasteiger partial charge in [0.15, 0.2) is 0 Å². The van der Waals surface area contributed by atoms with Crippen LogP contribution in [0.2, 0.25) is 0 Å². The largest absolute Gasteiger partial charge is 0.493 e. The van der Waals surface area contributed by atoms with Gasteiger partial charge >= 0.3 is 0 Å². The van der Waals surface area contributed by atoms with Gasteiger partial charge in [-0.25, -0.2) is 8.42 Å². The van der Waals surface area contributed by atoms with Crippen LogP contribution in [0, 0.1) is 0 Å². The van der Waals surface area contributed by atoms with Crippen LogP contribution >= 0.6 is 0 Å². The molecule has 0 saturated carbocycles. The summed E-state index contributed by atoms with van der Waals surface area (Å²) >= 11 is 0. The number of hydrogen-bond acceptors (Lipinski definition) is 4. The molecule has 0 saturated heterocycles. The summed E-state index contributed by atoms with van der Waals surface area (Å²) in [7, 11) is -1.74. The van der Waals surface area contributed by atoms with E-state index in [0.717, 1.165) is 28.9 Å². The standard InChI is InChI=1S/C21H21N3O3S/c1-23-12-17(11-22-23)20-14-24(13-16-4-2-3-5-19(16)20)28(25,26)18-6-7-21-15(10-18)8-9-27-21/h2-7,10-12,20H,8-9,13-14H2,1H3. The highest BCUT2D eigenvalue weighted by molar-refractivity contribution is 7.89. The Kier molecular flexibility index (Phi) is 4.03. The Morgan fingerprint density at radius 1 is 1.14 bits per heavy atom. The van der Waals surface area contributed by atoms with Crippen LogP contribution in [0.1, 0.15) is 28.2 Å². The predicted octanol–water partition coefficient (Wildman–Crippen LogP) is 2.69. The van der Waals surface area contributed by atoms with Gasteiger partial charge in [-0.2, -0.15) is 9.40 Å². The summed E-state index contributed by atoms with van der Waals surface area (Å²) in [6.07, 6.45) is 4.54. The first kappa shape index (κ1) is 17.5. The van der Waals surface area contributed by atoms with Crippen molar-refractivity contribution < 1.29 is 13.2 Å². The normalized spacial score (nSPS) is 19.1. The summed E-state index contributed by atoms with van der Waals surface area (Å²) < 4.78 is 35.7. The second-order valence-electron chi connectivity index (χ2n) is 7.36. The molecule has 3 aromatic rings. The quantitative estimate of drug-likeness (QED) is 0.684. The molecule has 1 unspecified atom stereocenters. The van der Waals surface area contributed by atoms with Gasteiger partial charge in [-0.05, 0) is 40.5 Å². The first-order chi connectivity index (χ1) is 13.5. The van der Waals surface area contributed by atoms with Crippen LogP contribution in [0.5, 0.6) is 5.75 Å². The lowest BCUT2D eigenvalue weighted by Crippen LogP contribution is -2.38. The van der Waals surface area contributed by atoms with E-state index in [0.29, 0.717) is 24.6 Å². The van der Waals surface area contributed by atoms with E-state index < -0.39 is 10.0 Å². The third-order valence-corrected chi connectivity index (χ3v) is 7.40. The van der Waals surface area contributed by atoms with E-state index in [1.165, 1.54) is 5.56 Å². The van der Waals surface area contributed by atoms with E-state index in [1.807, 2.05) is 37.6 Å². The fraction of sp³-hybridized carbons (Fsp3) is 0.286. The van der Waals surface area contributed by atoms with E-state index in [-0.39, 0.29) is 5.92 Å². The number of aryl methyl sites for hydroxylation is 1. The number of rotatable bonds is 3. The van der Waals surface area contributed by atoms with Gasteiger partial charge in [0.1, 0.15) is 5.75 Å². The molecule has 3 heterocycles. The fourth-order valence-corrected chi connectivity index (χ4v) is 5.62. The van der Waals surface area contributed by atoms with Gasteiger partial charge in [0.25, 0.3) is 0 Å². The molecule has 0 spiro atoms. The molecule has 7 heteroatoms. The van der Waals surface area contributed by atoms with E-state index in [4.69, 9.17) is 4.74 Å². The van der Waals surface area contributed by atoms with Crippen LogP contribution in [-0.2, 0) is 30.0 Å². The molecule has 0 N–H and O–H groups in total. The number of nitrogens with zero attached hydrogens (tertiary/aromatic N) is 3. The highest BCUT2D eigenvalue weighted by Crippen LogP contribution is 2.36. The molecule has 6 nitrogen and oxygen atoms in total. The lowest BCUT2D eigenvalue weighted by molar-refractivity contribution is 0.356. The predicted molar refractivity (Wildman–Crippen MR) is 105 cm³/mol. The van der Waals surface area contributed by atoms with E-state index in [2.05, 4.69) is 11.2 Å². The maximum atomic E-state index is 13.4. The average Bonchev–Trinajstić information content (AvgIpc) is 3.35. The minimum atomic E-state index is -3.61. The molecular formula is C21H21N3O3S. The molecule has 28 heavy (non-hydrogen) atoms. The number of aromatic nitrogens is 2. The molecule has 2 aliphatic rings. The van der Waals surface area contributed by atoms with Crippen molar-refractivity contribution in [2.24, 2.45) is 7.05 Å². The van der Waals surface area contributed by atoms with Crippen LogP contribution < -0.4 is 4.74 Å². The third-order valence-electron chi connectivity index (χ3n) is 5.59. The zero-order chi connectivity index (χ0) is 19.3. The summed E-state index contributed by atoms with van der Waals surface area (Å²) in [6.45, 7) is 1.39. The van der Waals surface area contributed by atoms with E-state index in [9.17, 15) is 8.42 Å². The van der Waals surface area contributed by atoms with Crippen molar-refractivity contribution in [1.82, 2.24) is 14.1 Å². The Hall–Kier alpha value is -2.64. The molecule has 1 atom stereocenters. The van der Waals surface area contributed by atoms with Crippen LogP contribution in [0.3, 0.4) is 0 Å². The van der Waals surface area contributed by atoms with Crippen molar-refractivity contribution in [3.8, 4) is 5.75 Å². The molecule has 1 aromatic heterocycles. The zero-order valence-electron chi connectivity index (χ0n) is 15.6. The third kappa shape index (κ3) is 2.82. The zero-order valence-corrected chi connectivity index (χ0v) is 16.4. The van der Waals surface area contributed by atoms with Gasteiger partial charge in [-0.3, -0.25) is 4.68 Å². The molecule has 0 aliphatic carbocycles. The van der Waals surface area contributed by atoms with Crippen LogP contribution in [-0.4, -0.2) is 35.7 Å². The molecule has 0 bridgehead atoms. The maximum Gasteiger partial charge on any atom is 0.243 e. The molecule has 0 fully saturated rings. The lowest BCUT2D eigenvalue weighted by atomic mass is 9.87. The van der Waals surface area contributed by atoms with Gasteiger partial charge in [0.2, 0.25) is 10.0 Å². The molecule has 2 aromatic carbocycles. The van der Waals surface area contributed by atoms with Crippen LogP contribution in [0.15, 0.2) is 59.8 Å². The van der Waals surface area contributed by atoms with Crippen molar-refractivity contribution in [3.63, 3.8) is 0 Å². The topological polar surface area (TPSA) is 64.4 Å². The van der Waals surface area contributed by atoms with Gasteiger partial charge in [0, 0.05) is 38.7 Å². The van der Waals surface area contributed by atoms with Gasteiger partial charge < -0.3 is 4.74 Å². The average molecular weight is 395 g/mol. The van der Waals surface area contributed by atoms with Crippen LogP contribution in [0.25, 0.3) is 0 Å². The van der Waals surface area contributed by atoms with Gasteiger partial charge in [-0.1, -0.05) is 24.3 Å². The lowest BCUT2D eigenvalue weighted by Gasteiger charge is -2.33. The number of sulfonamides is 1. The minimum absolute atomic E-state index is 0.0359. The molecular weight excluding hydrogens is 374 g/mol. The summed E-state index contributed by atoms with van der Waals surface area (Å²) in [5, 5.41) is 4.28. The van der Waals surface area contributed by atoms with Crippen molar-refractivity contribution >= 4 is 10.0 Å². The smallest absolute Gasteiger partial charge is 0.243 e. The van der Waals surface area contributed by atoms with Gasteiger partial charge in [-0.15, -0.1) is 0 Å². The highest BCUT2D eigenvalue weighted by atomic mass is 32.2. The van der Waals surface area contributed by atoms with Crippen molar-refractivity contribution in [3.05, 3.63) is 77.1 Å². The summed E-state index contributed by atoms with van der Waals surface area (Å²) in [5.41, 5.74) is 4.19. The molecule has 0 radical (unpaired) electrons. The summed E-state index contributed by atoms with van der Waals surface area (Å²) in [6, 6.07) is 13.2. The minimum Gasteiger partial charge on any atom is -0.493 e. The number of ether oxygens (including phenoxy) is 1. The monoisotopic (exact) mass is 395 g/mol. The number of fused-ring (bicyclic) bond motifs is 2. The number of benzene rings is 2. The van der Waals surface area contributed by atoms with Gasteiger partial charge in [0.05, 0.1) is 17.7 Å². The highest BCUT2D eigenvalue weighted by Gasteiger charge is 2.35. The van der Waals surface area contributed by atoms with Crippen LogP contribution in [0.4, 0.5) is 0 Å². The first-order valence-corrected chi connectivity index (χ1v) is 10.8. The molecule has 2 aliphatic heterocycles. The SMILES string of the molecule is Cn1cc(C2CN(S(=O)(=O)c3ccc4c(c3)CCO4)Cc3ccccc32)cn1. The second-order valence-corrected chi connectivity index (χ2v) is 9.30. The van der Waals surface area contributed by atoms with E-state index >= 15 is 0 Å². The van der Waals surface area contributed by atoms with Crippen molar-refractivity contribution in [1.29, 1.82) is 0 Å². The Labute approximate surface area is 164 Å². The Morgan fingerprint density at radius 3 is 2.82 bits per heavy atom. The Bertz CT molecular complexity index is 1150.